The summed E-state index contributed by atoms with van der Waals surface area (Å²) in [5, 5.41) is 11.6. The fourth-order valence-corrected chi connectivity index (χ4v) is 4.80. The molecule has 0 atom stereocenters. The zero-order chi connectivity index (χ0) is 26.8. The maximum Gasteiger partial charge on any atom is 0.268 e. The Morgan fingerprint density at radius 2 is 1.18 bits per heavy atom. The summed E-state index contributed by atoms with van der Waals surface area (Å²) in [4.78, 5) is 26.9. The van der Waals surface area contributed by atoms with Crippen LogP contribution in [0.5, 0.6) is 11.5 Å². The number of methoxy groups -OCH3 is 1. The zero-order valence-corrected chi connectivity index (χ0v) is 21.8. The highest BCUT2D eigenvalue weighted by Gasteiger charge is 2.31. The first kappa shape index (κ1) is 25.0. The van der Waals surface area contributed by atoms with Crippen molar-refractivity contribution in [3.05, 3.63) is 115 Å². The predicted octanol–water partition coefficient (Wildman–Crippen LogP) is 5.26. The van der Waals surface area contributed by atoms with Crippen molar-refractivity contribution in [3.63, 3.8) is 0 Å². The van der Waals surface area contributed by atoms with Crippen LogP contribution in [-0.4, -0.2) is 34.1 Å². The Balaban J connectivity index is 1.81. The molecule has 0 aliphatic heterocycles. The van der Waals surface area contributed by atoms with Gasteiger partial charge in [0.1, 0.15) is 0 Å². The van der Waals surface area contributed by atoms with Crippen molar-refractivity contribution in [1.82, 2.24) is 20.4 Å². The van der Waals surface area contributed by atoms with Crippen LogP contribution in [0.2, 0.25) is 0 Å². The van der Waals surface area contributed by atoms with Gasteiger partial charge in [0.15, 0.2) is 11.5 Å². The predicted molar refractivity (Wildman–Crippen MR) is 148 cm³/mol. The number of hydrogen-bond acceptors (Lipinski definition) is 4. The zero-order valence-electron chi connectivity index (χ0n) is 21.8. The number of H-pyrrole nitrogens is 4. The summed E-state index contributed by atoms with van der Waals surface area (Å²) >= 11 is 0. The molecule has 4 N–H and O–H groups in total. The number of hydrogen-bond donors (Lipinski definition) is 4. The van der Waals surface area contributed by atoms with Crippen molar-refractivity contribution in [2.24, 2.45) is 0 Å². The molecule has 38 heavy (non-hydrogen) atoms. The SMILES string of the molecule is CCOc1cc(C(c2c(-c3ccc(C)cc3)[nH][nH]c2=O)c2c(-c3ccc(C)cc3)[nH][nH]c2=O)ccc1OC. The van der Waals surface area contributed by atoms with E-state index < -0.39 is 5.92 Å². The molecule has 2 aromatic heterocycles. The van der Waals surface area contributed by atoms with Gasteiger partial charge in [-0.2, -0.15) is 0 Å². The van der Waals surface area contributed by atoms with Crippen molar-refractivity contribution >= 4 is 0 Å². The fraction of sp³-hybridized carbons (Fsp3) is 0.200. The van der Waals surface area contributed by atoms with Gasteiger partial charge in [0, 0.05) is 5.92 Å². The van der Waals surface area contributed by atoms with Crippen LogP contribution in [0.4, 0.5) is 0 Å². The molecule has 5 aromatic rings. The van der Waals surface area contributed by atoms with E-state index in [0.717, 1.165) is 22.3 Å². The highest BCUT2D eigenvalue weighted by Crippen LogP contribution is 2.40. The number of ether oxygens (including phenoxy) is 2. The van der Waals surface area contributed by atoms with Crippen LogP contribution < -0.4 is 20.6 Å². The molecule has 0 unspecified atom stereocenters. The highest BCUT2D eigenvalue weighted by molar-refractivity contribution is 5.71. The van der Waals surface area contributed by atoms with Gasteiger partial charge in [-0.3, -0.25) is 30.0 Å². The van der Waals surface area contributed by atoms with Gasteiger partial charge in [-0.15, -0.1) is 0 Å². The maximum atomic E-state index is 13.5. The Morgan fingerprint density at radius 1 is 0.684 bits per heavy atom. The summed E-state index contributed by atoms with van der Waals surface area (Å²) in [5.74, 6) is 0.376. The minimum Gasteiger partial charge on any atom is -0.493 e. The summed E-state index contributed by atoms with van der Waals surface area (Å²) < 4.78 is 11.4. The maximum absolute atomic E-state index is 13.5. The lowest BCUT2D eigenvalue weighted by molar-refractivity contribution is 0.310. The average molecular weight is 511 g/mol. The summed E-state index contributed by atoms with van der Waals surface area (Å²) in [6, 6.07) is 21.3. The first-order chi connectivity index (χ1) is 18.4. The normalized spacial score (nSPS) is 11.2. The Bertz CT molecular complexity index is 1570. The third-order valence-electron chi connectivity index (χ3n) is 6.71. The van der Waals surface area contributed by atoms with E-state index in [1.807, 2.05) is 81.4 Å². The summed E-state index contributed by atoms with van der Waals surface area (Å²) in [5.41, 5.74) is 6.05. The third-order valence-corrected chi connectivity index (χ3v) is 6.71. The Morgan fingerprint density at radius 3 is 1.63 bits per heavy atom. The largest absolute Gasteiger partial charge is 0.493 e. The van der Waals surface area contributed by atoms with Gasteiger partial charge in [0.2, 0.25) is 0 Å². The second-order valence-corrected chi connectivity index (χ2v) is 9.24. The first-order valence-electron chi connectivity index (χ1n) is 12.5. The smallest absolute Gasteiger partial charge is 0.268 e. The number of aromatic amines is 4. The average Bonchev–Trinajstić information content (AvgIpc) is 3.49. The lowest BCUT2D eigenvalue weighted by Gasteiger charge is -2.20. The molecule has 0 amide bonds. The molecule has 0 radical (unpaired) electrons. The van der Waals surface area contributed by atoms with Gasteiger partial charge in [0.05, 0.1) is 36.2 Å². The standard InChI is InChI=1S/C30H30N4O4/c1-5-38-23-16-21(14-15-22(23)37-4)24(25-27(31-33-29(25)35)19-10-6-17(2)7-11-19)26-28(32-34-30(26)36)20-12-8-18(3)9-13-20/h6-16,24H,5H2,1-4H3,(H2,31,33,35)(H2,32,34,36). The van der Waals surface area contributed by atoms with E-state index in [1.165, 1.54) is 0 Å². The molecule has 0 bridgehead atoms. The molecular formula is C30H30N4O4. The van der Waals surface area contributed by atoms with Crippen molar-refractivity contribution in [2.75, 3.05) is 13.7 Å². The Labute approximate surface area is 219 Å². The van der Waals surface area contributed by atoms with E-state index in [-0.39, 0.29) is 11.1 Å². The van der Waals surface area contributed by atoms with Crippen LogP contribution in [0.25, 0.3) is 22.5 Å². The van der Waals surface area contributed by atoms with E-state index >= 15 is 0 Å². The molecular weight excluding hydrogens is 480 g/mol. The van der Waals surface area contributed by atoms with E-state index in [9.17, 15) is 9.59 Å². The molecule has 0 saturated heterocycles. The summed E-state index contributed by atoms with van der Waals surface area (Å²) in [6.45, 7) is 6.34. The van der Waals surface area contributed by atoms with E-state index in [0.29, 0.717) is 46.2 Å². The van der Waals surface area contributed by atoms with Gasteiger partial charge in [-0.1, -0.05) is 65.7 Å². The second kappa shape index (κ2) is 10.3. The summed E-state index contributed by atoms with van der Waals surface area (Å²) in [6.07, 6.45) is 0. The van der Waals surface area contributed by atoms with Gasteiger partial charge in [0.25, 0.3) is 11.1 Å². The van der Waals surface area contributed by atoms with Crippen LogP contribution in [0.3, 0.4) is 0 Å². The number of nitrogens with one attached hydrogen (secondary N) is 4. The van der Waals surface area contributed by atoms with E-state index in [4.69, 9.17) is 9.47 Å². The van der Waals surface area contributed by atoms with Crippen LogP contribution in [0.1, 0.15) is 40.7 Å². The molecule has 2 heterocycles. The van der Waals surface area contributed by atoms with Gasteiger partial charge >= 0.3 is 0 Å². The van der Waals surface area contributed by atoms with Gasteiger partial charge in [-0.05, 0) is 49.6 Å². The number of aryl methyl sites for hydroxylation is 2. The lowest BCUT2D eigenvalue weighted by Crippen LogP contribution is -2.20. The summed E-state index contributed by atoms with van der Waals surface area (Å²) in [7, 11) is 1.58. The van der Waals surface area contributed by atoms with Gasteiger partial charge < -0.3 is 9.47 Å². The molecule has 0 fully saturated rings. The molecule has 0 aliphatic rings. The number of benzene rings is 3. The number of aromatic nitrogens is 4. The van der Waals surface area contributed by atoms with Crippen LogP contribution in [0, 0.1) is 13.8 Å². The second-order valence-electron chi connectivity index (χ2n) is 9.24. The van der Waals surface area contributed by atoms with Crippen molar-refractivity contribution in [3.8, 4) is 34.0 Å². The fourth-order valence-electron chi connectivity index (χ4n) is 4.80. The third kappa shape index (κ3) is 4.56. The molecule has 8 nitrogen and oxygen atoms in total. The molecule has 8 heteroatoms. The van der Waals surface area contributed by atoms with E-state index in [1.54, 1.807) is 13.2 Å². The van der Waals surface area contributed by atoms with Crippen molar-refractivity contribution < 1.29 is 9.47 Å². The van der Waals surface area contributed by atoms with E-state index in [2.05, 4.69) is 20.4 Å². The molecule has 194 valence electrons. The van der Waals surface area contributed by atoms with Crippen molar-refractivity contribution in [1.29, 1.82) is 0 Å². The molecule has 5 rings (SSSR count). The minimum absolute atomic E-state index is 0.310. The van der Waals surface area contributed by atoms with Crippen LogP contribution in [0.15, 0.2) is 76.3 Å². The topological polar surface area (TPSA) is 116 Å². The Kier molecular flexibility index (Phi) is 6.79. The van der Waals surface area contributed by atoms with Crippen molar-refractivity contribution in [2.45, 2.75) is 26.7 Å². The molecule has 3 aromatic carbocycles. The van der Waals surface area contributed by atoms with Gasteiger partial charge in [-0.25, -0.2) is 0 Å². The molecule has 0 saturated carbocycles. The highest BCUT2D eigenvalue weighted by atomic mass is 16.5. The van der Waals surface area contributed by atoms with Crippen LogP contribution >= 0.6 is 0 Å². The first-order valence-corrected chi connectivity index (χ1v) is 12.5. The molecule has 0 spiro atoms. The van der Waals surface area contributed by atoms with Crippen LogP contribution in [-0.2, 0) is 0 Å². The monoisotopic (exact) mass is 510 g/mol. The minimum atomic E-state index is -0.724. The number of rotatable bonds is 8. The molecule has 0 aliphatic carbocycles. The quantitative estimate of drug-likeness (QED) is 0.228. The lowest BCUT2D eigenvalue weighted by atomic mass is 9.83. The Hall–Kier alpha value is -4.72.